The number of hydrogen-bond acceptors (Lipinski definition) is 5. The third-order valence-corrected chi connectivity index (χ3v) is 3.96. The molecule has 1 unspecified atom stereocenters. The lowest BCUT2D eigenvalue weighted by Gasteiger charge is -2.32. The SMILES string of the molecule is [2H]C([2H])([2H])C1([2H])C([2H])([2H])N(c2cnc(B3OC(C)(C)C(C)(C)O3)cn2)C([2H])([2H])C([2H])([2H])C1([2H])[2H]. The van der Waals surface area contributed by atoms with Crippen LogP contribution in [0.1, 0.15) is 63.7 Å². The Bertz CT molecular complexity index is 953. The third kappa shape index (κ3) is 2.86. The van der Waals surface area contributed by atoms with Crippen molar-refractivity contribution in [3.63, 3.8) is 0 Å². The molecule has 0 N–H and O–H groups in total. The lowest BCUT2D eigenvalue weighted by atomic mass is 9.85. The van der Waals surface area contributed by atoms with E-state index in [4.69, 9.17) is 25.8 Å². The maximum atomic E-state index is 8.42. The van der Waals surface area contributed by atoms with Gasteiger partial charge in [0.25, 0.3) is 0 Å². The van der Waals surface area contributed by atoms with Crippen LogP contribution in [0.3, 0.4) is 0 Å². The van der Waals surface area contributed by atoms with Gasteiger partial charge in [0, 0.05) is 35.6 Å². The summed E-state index contributed by atoms with van der Waals surface area (Å²) in [6.07, 6.45) is -5.45. The topological polar surface area (TPSA) is 47.5 Å². The molecule has 1 atom stereocenters. The van der Waals surface area contributed by atoms with E-state index in [1.54, 1.807) is 0 Å². The molecule has 3 rings (SSSR count). The summed E-state index contributed by atoms with van der Waals surface area (Å²) in [6, 6.07) is 0. The second-order valence-electron chi connectivity index (χ2n) is 6.07. The van der Waals surface area contributed by atoms with E-state index in [0.717, 1.165) is 12.4 Å². The normalized spacial score (nSPS) is 48.4. The number of nitrogens with zero attached hydrogens (tertiary/aromatic N) is 3. The first kappa shape index (κ1) is 6.77. The Morgan fingerprint density at radius 2 is 2.05 bits per heavy atom. The van der Waals surface area contributed by atoms with Crippen LogP contribution in [0.2, 0.25) is 0 Å². The number of rotatable bonds is 2. The van der Waals surface area contributed by atoms with E-state index in [1.165, 1.54) is 0 Å². The van der Waals surface area contributed by atoms with Crippen LogP contribution < -0.4 is 10.5 Å². The van der Waals surface area contributed by atoms with Crippen LogP contribution in [0.5, 0.6) is 0 Å². The average Bonchev–Trinajstić information content (AvgIpc) is 2.86. The molecule has 3 heterocycles. The van der Waals surface area contributed by atoms with Gasteiger partial charge < -0.3 is 14.2 Å². The summed E-state index contributed by atoms with van der Waals surface area (Å²) < 4.78 is 109. The molecule has 0 saturated carbocycles. The fraction of sp³-hybridized carbons (Fsp3) is 0.750. The Hall–Kier alpha value is -1.14. The molecule has 0 aromatic carbocycles. The van der Waals surface area contributed by atoms with Gasteiger partial charge in [-0.2, -0.15) is 0 Å². The molecule has 0 amide bonds. The highest BCUT2D eigenvalue weighted by Gasteiger charge is 2.52. The number of aromatic nitrogens is 2. The number of hydrogen-bond donors (Lipinski definition) is 0. The van der Waals surface area contributed by atoms with Crippen molar-refractivity contribution in [2.45, 2.75) is 58.5 Å². The highest BCUT2D eigenvalue weighted by molar-refractivity contribution is 6.61. The predicted molar refractivity (Wildman–Crippen MR) is 88.4 cm³/mol. The van der Waals surface area contributed by atoms with Crippen molar-refractivity contribution in [2.75, 3.05) is 17.9 Å². The van der Waals surface area contributed by atoms with Crippen LogP contribution in [0.4, 0.5) is 5.82 Å². The Labute approximate surface area is 150 Å². The van der Waals surface area contributed by atoms with E-state index in [1.807, 2.05) is 27.7 Å². The van der Waals surface area contributed by atoms with Crippen LogP contribution in [-0.2, 0) is 9.31 Å². The van der Waals surface area contributed by atoms with Crippen molar-refractivity contribution in [1.82, 2.24) is 9.97 Å². The van der Waals surface area contributed by atoms with Crippen molar-refractivity contribution in [2.24, 2.45) is 5.89 Å². The summed E-state index contributed by atoms with van der Waals surface area (Å²) >= 11 is 0. The molecule has 120 valence electrons. The van der Waals surface area contributed by atoms with Gasteiger partial charge in [-0.05, 0) is 46.3 Å². The molecule has 22 heavy (non-hydrogen) atoms. The Balaban J connectivity index is 2.13. The average molecular weight is 315 g/mol. The molecule has 2 fully saturated rings. The maximum Gasteiger partial charge on any atom is 0.516 e. The maximum absolute atomic E-state index is 8.42. The molecule has 5 nitrogen and oxygen atoms in total. The van der Waals surface area contributed by atoms with E-state index in [0.29, 0.717) is 0 Å². The fourth-order valence-electron chi connectivity index (χ4n) is 1.96. The molecule has 0 bridgehead atoms. The molecule has 2 aliphatic heterocycles. The van der Waals surface area contributed by atoms with Gasteiger partial charge in [0.15, 0.2) is 0 Å². The highest BCUT2D eigenvalue weighted by Crippen LogP contribution is 2.36. The smallest absolute Gasteiger partial charge is 0.398 e. The summed E-state index contributed by atoms with van der Waals surface area (Å²) in [5, 5.41) is 0. The Morgan fingerprint density at radius 3 is 2.64 bits per heavy atom. The van der Waals surface area contributed by atoms with E-state index in [2.05, 4.69) is 9.97 Å². The van der Waals surface area contributed by atoms with Crippen molar-refractivity contribution in [3.8, 4) is 0 Å². The second-order valence-corrected chi connectivity index (χ2v) is 6.07. The minimum absolute atomic E-state index is 0.0434. The number of anilines is 1. The zero-order valence-corrected chi connectivity index (χ0v) is 12.9. The summed E-state index contributed by atoms with van der Waals surface area (Å²) in [4.78, 5) is 8.09. The molecule has 2 saturated heterocycles. The summed E-state index contributed by atoms with van der Waals surface area (Å²) in [5.74, 6) is -4.37. The van der Waals surface area contributed by atoms with Crippen LogP contribution in [0.15, 0.2) is 12.4 Å². The van der Waals surface area contributed by atoms with Gasteiger partial charge in [0.1, 0.15) is 5.82 Å². The molecule has 1 aromatic heterocycles. The Morgan fingerprint density at radius 1 is 1.32 bits per heavy atom. The lowest BCUT2D eigenvalue weighted by Crippen LogP contribution is -2.41. The fourth-order valence-corrected chi connectivity index (χ4v) is 1.96. The van der Waals surface area contributed by atoms with Gasteiger partial charge in [-0.1, -0.05) is 6.85 Å². The van der Waals surface area contributed by atoms with E-state index in [9.17, 15) is 0 Å². The zero-order chi connectivity index (χ0) is 26.6. The van der Waals surface area contributed by atoms with Gasteiger partial charge in [-0.3, -0.25) is 4.98 Å². The summed E-state index contributed by atoms with van der Waals surface area (Å²) in [7, 11) is -0.959. The van der Waals surface area contributed by atoms with E-state index < -0.39 is 62.6 Å². The van der Waals surface area contributed by atoms with Gasteiger partial charge in [0.05, 0.1) is 23.0 Å². The zero-order valence-electron chi connectivity index (χ0n) is 24.9. The lowest BCUT2D eigenvalue weighted by molar-refractivity contribution is 0.00578. The number of piperidine rings is 1. The summed E-state index contributed by atoms with van der Waals surface area (Å²) in [5.41, 5.74) is -1.26. The van der Waals surface area contributed by atoms with Gasteiger partial charge in [-0.15, -0.1) is 0 Å². The van der Waals surface area contributed by atoms with Gasteiger partial charge >= 0.3 is 7.12 Å². The molecular formula is C16H26BN3O2. The third-order valence-electron chi connectivity index (χ3n) is 3.96. The Kier molecular flexibility index (Phi) is 1.69. The quantitative estimate of drug-likeness (QED) is 0.781. The summed E-state index contributed by atoms with van der Waals surface area (Å²) in [6.45, 7) is -3.49. The van der Waals surface area contributed by atoms with Crippen LogP contribution in [0, 0.1) is 5.89 Å². The first-order chi connectivity index (χ1) is 14.9. The van der Waals surface area contributed by atoms with Gasteiger partial charge in [0.2, 0.25) is 0 Å². The molecule has 1 aromatic rings. The molecule has 0 aliphatic carbocycles. The molecule has 0 radical (unpaired) electrons. The molecule has 0 spiro atoms. The van der Waals surface area contributed by atoms with E-state index >= 15 is 0 Å². The minimum Gasteiger partial charge on any atom is -0.398 e. The van der Waals surface area contributed by atoms with Crippen LogP contribution >= 0.6 is 0 Å². The first-order valence-electron chi connectivity index (χ1n) is 12.9. The molecular weight excluding hydrogens is 277 g/mol. The molecule has 2 aliphatic rings. The molecule has 6 heteroatoms. The predicted octanol–water partition coefficient (Wildman–Crippen LogP) is 2.01. The van der Waals surface area contributed by atoms with Crippen molar-refractivity contribution in [3.05, 3.63) is 12.4 Å². The largest absolute Gasteiger partial charge is 0.516 e. The monoisotopic (exact) mass is 315 g/mol. The standard InChI is InChI=1S/C16H26BN3O2/c1-12-7-6-8-20(11-12)14-10-18-13(9-19-14)17-21-15(2,3)16(4,5)22-17/h9-10,12H,6-8,11H2,1-5H3/i1D3,6D2,7D2,8D2,11D2,12D. The van der Waals surface area contributed by atoms with Crippen LogP contribution in [-0.4, -0.2) is 41.3 Å². The minimum atomic E-state index is -3.77. The van der Waals surface area contributed by atoms with Crippen molar-refractivity contribution in [1.29, 1.82) is 0 Å². The van der Waals surface area contributed by atoms with Gasteiger partial charge in [-0.25, -0.2) is 4.98 Å². The first-order valence-corrected chi connectivity index (χ1v) is 6.88. The van der Waals surface area contributed by atoms with Crippen molar-refractivity contribution < 1.29 is 25.8 Å². The second kappa shape index (κ2) is 5.50. The highest BCUT2D eigenvalue weighted by atomic mass is 16.7. The van der Waals surface area contributed by atoms with E-state index in [-0.39, 0.29) is 10.5 Å². The van der Waals surface area contributed by atoms with Crippen molar-refractivity contribution >= 4 is 18.5 Å². The van der Waals surface area contributed by atoms with Crippen LogP contribution in [0.25, 0.3) is 0 Å².